The van der Waals surface area contributed by atoms with Crippen LogP contribution < -0.4 is 10.1 Å². The van der Waals surface area contributed by atoms with Crippen LogP contribution in [0.25, 0.3) is 0 Å². The van der Waals surface area contributed by atoms with Gasteiger partial charge in [-0.2, -0.15) is 0 Å². The van der Waals surface area contributed by atoms with Gasteiger partial charge in [-0.1, -0.05) is 11.3 Å². The fraction of sp³-hybridized carbons (Fsp3) is 0.682. The molecule has 0 atom stereocenters. The number of nitrogens with zero attached hydrogens (tertiary/aromatic N) is 3. The molecule has 176 valence electrons. The molecule has 2 aliphatic rings. The molecule has 2 aromatic rings. The standard InChI is InChI=1S/C22H30F2N4O2S2/c1-14-25-11-17(31-14)10-20(29)26-16-8-15(9-16)4-3-6-28-7-5-19-18(12-28)27-21(32-19)30-13-22(2,23)24/h11,15-16H,3-10,12-13H2,1-2H3,(H,26,29). The number of aryl methyl sites for hydroxylation is 1. The topological polar surface area (TPSA) is 67.4 Å². The van der Waals surface area contributed by atoms with Crippen molar-refractivity contribution >= 4 is 28.6 Å². The average molecular weight is 485 g/mol. The number of carbonyl (C=O) groups is 1. The Balaban J connectivity index is 1.10. The van der Waals surface area contributed by atoms with Gasteiger partial charge < -0.3 is 10.1 Å². The van der Waals surface area contributed by atoms with E-state index >= 15 is 0 Å². The number of thiazole rings is 2. The first-order chi connectivity index (χ1) is 15.2. The Morgan fingerprint density at radius 3 is 2.91 bits per heavy atom. The predicted octanol–water partition coefficient (Wildman–Crippen LogP) is 4.22. The zero-order chi connectivity index (χ0) is 22.7. The van der Waals surface area contributed by atoms with Crippen molar-refractivity contribution in [3.8, 4) is 5.19 Å². The number of aromatic nitrogens is 2. The van der Waals surface area contributed by atoms with Crippen molar-refractivity contribution in [1.29, 1.82) is 0 Å². The molecule has 0 aromatic carbocycles. The number of alkyl halides is 2. The Hall–Kier alpha value is -1.65. The lowest BCUT2D eigenvalue weighted by molar-refractivity contribution is -0.122. The van der Waals surface area contributed by atoms with Gasteiger partial charge in [-0.15, -0.1) is 11.3 Å². The lowest BCUT2D eigenvalue weighted by Gasteiger charge is -2.36. The molecule has 1 fully saturated rings. The van der Waals surface area contributed by atoms with Gasteiger partial charge in [0.25, 0.3) is 11.1 Å². The fourth-order valence-electron chi connectivity index (χ4n) is 4.29. The molecule has 1 saturated carbocycles. The lowest BCUT2D eigenvalue weighted by atomic mass is 9.77. The first kappa shape index (κ1) is 23.5. The quantitative estimate of drug-likeness (QED) is 0.547. The lowest BCUT2D eigenvalue weighted by Crippen LogP contribution is -2.45. The van der Waals surface area contributed by atoms with E-state index in [1.165, 1.54) is 17.8 Å². The molecule has 0 radical (unpaired) electrons. The summed E-state index contributed by atoms with van der Waals surface area (Å²) in [7, 11) is 0. The van der Waals surface area contributed by atoms with Crippen LogP contribution in [0.3, 0.4) is 0 Å². The van der Waals surface area contributed by atoms with Gasteiger partial charge in [0.05, 0.1) is 17.1 Å². The summed E-state index contributed by atoms with van der Waals surface area (Å²) in [4.78, 5) is 25.3. The summed E-state index contributed by atoms with van der Waals surface area (Å²) in [5.74, 6) is -2.07. The van der Waals surface area contributed by atoms with Gasteiger partial charge in [0.1, 0.15) is 0 Å². The minimum Gasteiger partial charge on any atom is -0.464 e. The van der Waals surface area contributed by atoms with Crippen molar-refractivity contribution in [3.05, 3.63) is 26.7 Å². The Labute approximate surface area is 195 Å². The molecule has 0 unspecified atom stereocenters. The molecule has 0 saturated heterocycles. The monoisotopic (exact) mass is 484 g/mol. The third-order valence-electron chi connectivity index (χ3n) is 5.93. The maximum absolute atomic E-state index is 13.0. The first-order valence-corrected chi connectivity index (χ1v) is 12.8. The molecule has 32 heavy (non-hydrogen) atoms. The van der Waals surface area contributed by atoms with E-state index in [4.69, 9.17) is 4.74 Å². The van der Waals surface area contributed by atoms with Crippen molar-refractivity contribution in [1.82, 2.24) is 20.2 Å². The molecular weight excluding hydrogens is 454 g/mol. The third-order valence-corrected chi connectivity index (χ3v) is 7.91. The molecule has 1 amide bonds. The number of rotatable bonds is 10. The highest BCUT2D eigenvalue weighted by atomic mass is 32.1. The van der Waals surface area contributed by atoms with E-state index in [-0.39, 0.29) is 5.91 Å². The number of amides is 1. The van der Waals surface area contributed by atoms with Crippen molar-refractivity contribution in [2.75, 3.05) is 19.7 Å². The van der Waals surface area contributed by atoms with E-state index in [0.29, 0.717) is 23.6 Å². The van der Waals surface area contributed by atoms with Gasteiger partial charge in [0, 0.05) is 42.0 Å². The van der Waals surface area contributed by atoms with Crippen LogP contribution >= 0.6 is 22.7 Å². The second-order valence-corrected chi connectivity index (χ2v) is 11.4. The maximum Gasteiger partial charge on any atom is 0.278 e. The molecule has 0 spiro atoms. The number of halogens is 2. The van der Waals surface area contributed by atoms with Gasteiger partial charge >= 0.3 is 0 Å². The second-order valence-electron chi connectivity index (χ2n) is 9.00. The van der Waals surface area contributed by atoms with Crippen LogP contribution in [0, 0.1) is 12.8 Å². The number of carbonyl (C=O) groups excluding carboxylic acids is 1. The summed E-state index contributed by atoms with van der Waals surface area (Å²) in [6, 6.07) is 0.308. The minimum absolute atomic E-state index is 0.0930. The van der Waals surface area contributed by atoms with Crippen LogP contribution in [0.1, 0.15) is 53.1 Å². The van der Waals surface area contributed by atoms with Gasteiger partial charge in [0.15, 0.2) is 6.61 Å². The molecule has 3 heterocycles. The average Bonchev–Trinajstić information content (AvgIpc) is 3.28. The van der Waals surface area contributed by atoms with Crippen LogP contribution in [-0.2, 0) is 24.2 Å². The largest absolute Gasteiger partial charge is 0.464 e. The highest BCUT2D eigenvalue weighted by molar-refractivity contribution is 7.13. The van der Waals surface area contributed by atoms with E-state index < -0.39 is 12.5 Å². The fourth-order valence-corrected chi connectivity index (χ4v) is 5.99. The Morgan fingerprint density at radius 2 is 2.19 bits per heavy atom. The van der Waals surface area contributed by atoms with Crippen molar-refractivity contribution in [2.45, 2.75) is 70.9 Å². The summed E-state index contributed by atoms with van der Waals surface area (Å²) < 4.78 is 31.1. The number of hydrogen-bond acceptors (Lipinski definition) is 7. The molecule has 1 N–H and O–H groups in total. The smallest absolute Gasteiger partial charge is 0.278 e. The summed E-state index contributed by atoms with van der Waals surface area (Å²) in [6.07, 6.45) is 7.52. The SMILES string of the molecule is Cc1ncc(CC(=O)NC2CC(CCCN3CCc4sc(OCC(C)(F)F)nc4C3)C2)s1. The Morgan fingerprint density at radius 1 is 1.38 bits per heavy atom. The molecule has 2 aromatic heterocycles. The van der Waals surface area contributed by atoms with Gasteiger partial charge in [0.2, 0.25) is 5.91 Å². The Bertz CT molecular complexity index is 921. The van der Waals surface area contributed by atoms with Crippen molar-refractivity contribution in [2.24, 2.45) is 5.92 Å². The van der Waals surface area contributed by atoms with Gasteiger partial charge in [-0.25, -0.2) is 18.7 Å². The molecule has 4 rings (SSSR count). The third kappa shape index (κ3) is 6.68. The maximum atomic E-state index is 13.0. The molecule has 6 nitrogen and oxygen atoms in total. The molecule has 0 bridgehead atoms. The summed E-state index contributed by atoms with van der Waals surface area (Å²) >= 11 is 2.97. The first-order valence-electron chi connectivity index (χ1n) is 11.2. The van der Waals surface area contributed by atoms with E-state index in [9.17, 15) is 13.6 Å². The van der Waals surface area contributed by atoms with Crippen LogP contribution in [-0.4, -0.2) is 52.4 Å². The van der Waals surface area contributed by atoms with Gasteiger partial charge in [-0.3, -0.25) is 9.69 Å². The molecule has 1 aliphatic heterocycles. The Kier molecular flexibility index (Phi) is 7.41. The van der Waals surface area contributed by atoms with E-state index in [0.717, 1.165) is 72.7 Å². The van der Waals surface area contributed by atoms with E-state index in [1.807, 2.05) is 6.92 Å². The predicted molar refractivity (Wildman–Crippen MR) is 122 cm³/mol. The van der Waals surface area contributed by atoms with Crippen LogP contribution in [0.15, 0.2) is 6.20 Å². The van der Waals surface area contributed by atoms with Gasteiger partial charge in [-0.05, 0) is 51.5 Å². The zero-order valence-corrected chi connectivity index (χ0v) is 20.2. The summed E-state index contributed by atoms with van der Waals surface area (Å²) in [6.45, 7) is 4.92. The molecule has 1 aliphatic carbocycles. The number of fused-ring (bicyclic) bond motifs is 1. The molecular formula is C22H30F2N4O2S2. The summed E-state index contributed by atoms with van der Waals surface area (Å²) in [5, 5.41) is 4.49. The number of hydrogen-bond donors (Lipinski definition) is 1. The zero-order valence-electron chi connectivity index (χ0n) is 18.5. The van der Waals surface area contributed by atoms with Crippen LogP contribution in [0.4, 0.5) is 8.78 Å². The molecule has 10 heteroatoms. The highest BCUT2D eigenvalue weighted by Crippen LogP contribution is 2.33. The van der Waals surface area contributed by atoms with Crippen LogP contribution in [0.5, 0.6) is 5.19 Å². The van der Waals surface area contributed by atoms with E-state index in [1.54, 1.807) is 17.5 Å². The number of nitrogens with one attached hydrogen (secondary N) is 1. The van der Waals surface area contributed by atoms with E-state index in [2.05, 4.69) is 20.2 Å². The minimum atomic E-state index is -2.85. The van der Waals surface area contributed by atoms with Crippen LogP contribution in [0.2, 0.25) is 0 Å². The van der Waals surface area contributed by atoms with Crippen molar-refractivity contribution < 1.29 is 18.3 Å². The number of ether oxygens (including phenoxy) is 1. The normalized spacial score (nSPS) is 21.1. The highest BCUT2D eigenvalue weighted by Gasteiger charge is 2.30. The summed E-state index contributed by atoms with van der Waals surface area (Å²) in [5.41, 5.74) is 0.971. The second kappa shape index (κ2) is 10.1. The van der Waals surface area contributed by atoms with Crippen molar-refractivity contribution in [3.63, 3.8) is 0 Å².